The minimum atomic E-state index is -1.04. The van der Waals surface area contributed by atoms with E-state index in [1.807, 2.05) is 13.8 Å². The Morgan fingerprint density at radius 2 is 2.00 bits per heavy atom. The molecule has 0 aliphatic rings. The molecular weight excluding hydrogens is 280 g/mol. The van der Waals surface area contributed by atoms with E-state index in [2.05, 4.69) is 10.6 Å². The summed E-state index contributed by atoms with van der Waals surface area (Å²) in [6.45, 7) is 5.58. The van der Waals surface area contributed by atoms with Crippen LogP contribution in [0.25, 0.3) is 0 Å². The van der Waals surface area contributed by atoms with Crippen molar-refractivity contribution in [2.45, 2.75) is 33.2 Å². The number of hydrogen-bond donors (Lipinski definition) is 3. The summed E-state index contributed by atoms with van der Waals surface area (Å²) in [4.78, 5) is 22.9. The van der Waals surface area contributed by atoms with Gasteiger partial charge in [0.05, 0.1) is 0 Å². The number of anilines is 1. The van der Waals surface area contributed by atoms with Gasteiger partial charge in [-0.15, -0.1) is 0 Å². The maximum absolute atomic E-state index is 11.8. The van der Waals surface area contributed by atoms with Gasteiger partial charge in [0.15, 0.2) is 0 Å². The smallest absolute Gasteiger partial charge is 0.326 e. The number of carbonyl (C=O) groups excluding carboxylic acids is 1. The third kappa shape index (κ3) is 4.74. The summed E-state index contributed by atoms with van der Waals surface area (Å²) < 4.78 is 0. The quantitative estimate of drug-likeness (QED) is 0.780. The molecule has 0 aliphatic carbocycles. The van der Waals surface area contributed by atoms with E-state index in [0.717, 1.165) is 5.56 Å². The maximum Gasteiger partial charge on any atom is 0.326 e. The molecule has 2 amide bonds. The first kappa shape index (κ1) is 16.3. The zero-order valence-corrected chi connectivity index (χ0v) is 12.5. The first-order chi connectivity index (χ1) is 9.31. The van der Waals surface area contributed by atoms with Crippen molar-refractivity contribution >= 4 is 29.3 Å². The summed E-state index contributed by atoms with van der Waals surface area (Å²) in [6, 6.07) is 3.68. The van der Waals surface area contributed by atoms with Gasteiger partial charge in [0.2, 0.25) is 0 Å². The van der Waals surface area contributed by atoms with Gasteiger partial charge in [-0.1, -0.05) is 31.5 Å². The first-order valence-electron chi connectivity index (χ1n) is 6.36. The highest BCUT2D eigenvalue weighted by molar-refractivity contribution is 6.31. The minimum Gasteiger partial charge on any atom is -0.480 e. The molecular formula is C14H19ClN2O3. The van der Waals surface area contributed by atoms with E-state index in [1.165, 1.54) is 0 Å². The van der Waals surface area contributed by atoms with Gasteiger partial charge in [-0.25, -0.2) is 9.59 Å². The van der Waals surface area contributed by atoms with E-state index in [9.17, 15) is 9.59 Å². The lowest BCUT2D eigenvalue weighted by Gasteiger charge is -2.17. The summed E-state index contributed by atoms with van der Waals surface area (Å²) in [5.74, 6) is -0.874. The standard InChI is InChI=1S/C14H19ClN2O3/c1-8(2)7-12(13(18)19)17-14(20)16-11-6-4-5-10(15)9(11)3/h4-6,8,12H,7H2,1-3H3,(H,18,19)(H2,16,17,20)/t12-/m0/s1. The van der Waals surface area contributed by atoms with Crippen LogP contribution in [0.2, 0.25) is 5.02 Å². The first-order valence-corrected chi connectivity index (χ1v) is 6.74. The summed E-state index contributed by atoms with van der Waals surface area (Å²) in [5.41, 5.74) is 1.30. The highest BCUT2D eigenvalue weighted by Gasteiger charge is 2.21. The number of amides is 2. The largest absolute Gasteiger partial charge is 0.480 e. The van der Waals surface area contributed by atoms with E-state index < -0.39 is 18.0 Å². The van der Waals surface area contributed by atoms with Crippen LogP contribution in [-0.2, 0) is 4.79 Å². The number of hydrogen-bond acceptors (Lipinski definition) is 2. The maximum atomic E-state index is 11.8. The van der Waals surface area contributed by atoms with Crippen LogP contribution in [-0.4, -0.2) is 23.1 Å². The molecule has 0 spiro atoms. The highest BCUT2D eigenvalue weighted by Crippen LogP contribution is 2.22. The van der Waals surface area contributed by atoms with E-state index in [4.69, 9.17) is 16.7 Å². The molecule has 0 aliphatic heterocycles. The van der Waals surface area contributed by atoms with Crippen molar-refractivity contribution in [2.75, 3.05) is 5.32 Å². The molecule has 1 rings (SSSR count). The summed E-state index contributed by atoms with van der Waals surface area (Å²) in [5, 5.41) is 14.7. The fourth-order valence-electron chi connectivity index (χ4n) is 1.75. The molecule has 0 bridgehead atoms. The number of urea groups is 1. The summed E-state index contributed by atoms with van der Waals surface area (Å²) >= 11 is 5.96. The molecule has 3 N–H and O–H groups in total. The van der Waals surface area contributed by atoms with Gasteiger partial charge in [-0.05, 0) is 37.0 Å². The van der Waals surface area contributed by atoms with Crippen molar-refractivity contribution in [1.82, 2.24) is 5.32 Å². The van der Waals surface area contributed by atoms with Gasteiger partial charge in [-0.2, -0.15) is 0 Å². The van der Waals surface area contributed by atoms with Crippen molar-refractivity contribution in [2.24, 2.45) is 5.92 Å². The van der Waals surface area contributed by atoms with Gasteiger partial charge >= 0.3 is 12.0 Å². The Morgan fingerprint density at radius 3 is 2.55 bits per heavy atom. The molecule has 0 saturated heterocycles. The van der Waals surface area contributed by atoms with Crippen molar-refractivity contribution in [3.05, 3.63) is 28.8 Å². The average molecular weight is 299 g/mol. The third-order valence-corrected chi connectivity index (χ3v) is 3.24. The Bertz CT molecular complexity index is 503. The third-order valence-electron chi connectivity index (χ3n) is 2.83. The van der Waals surface area contributed by atoms with Crippen molar-refractivity contribution in [1.29, 1.82) is 0 Å². The van der Waals surface area contributed by atoms with E-state index in [-0.39, 0.29) is 5.92 Å². The molecule has 0 fully saturated rings. The van der Waals surface area contributed by atoms with Gasteiger partial charge in [-0.3, -0.25) is 0 Å². The molecule has 0 unspecified atom stereocenters. The van der Waals surface area contributed by atoms with Crippen LogP contribution >= 0.6 is 11.6 Å². The van der Waals surface area contributed by atoms with Gasteiger partial charge < -0.3 is 15.7 Å². The second-order valence-corrected chi connectivity index (χ2v) is 5.44. The average Bonchev–Trinajstić information content (AvgIpc) is 2.33. The lowest BCUT2D eigenvalue weighted by atomic mass is 10.0. The fourth-order valence-corrected chi connectivity index (χ4v) is 1.93. The second-order valence-electron chi connectivity index (χ2n) is 5.03. The molecule has 1 aromatic carbocycles. The van der Waals surface area contributed by atoms with Crippen molar-refractivity contribution in [3.8, 4) is 0 Å². The number of carbonyl (C=O) groups is 2. The van der Waals surface area contributed by atoms with E-state index in [1.54, 1.807) is 25.1 Å². The van der Waals surface area contributed by atoms with Crippen LogP contribution in [0.1, 0.15) is 25.8 Å². The SMILES string of the molecule is Cc1c(Cl)cccc1NC(=O)N[C@@H](CC(C)C)C(=O)O. The monoisotopic (exact) mass is 298 g/mol. The fraction of sp³-hybridized carbons (Fsp3) is 0.429. The molecule has 6 heteroatoms. The van der Waals surface area contributed by atoms with E-state index >= 15 is 0 Å². The van der Waals surface area contributed by atoms with Crippen molar-refractivity contribution < 1.29 is 14.7 Å². The lowest BCUT2D eigenvalue weighted by Crippen LogP contribution is -2.43. The van der Waals surface area contributed by atoms with E-state index in [0.29, 0.717) is 17.1 Å². The van der Waals surface area contributed by atoms with Crippen LogP contribution in [0.4, 0.5) is 10.5 Å². The van der Waals surface area contributed by atoms with Gasteiger partial charge in [0.25, 0.3) is 0 Å². The van der Waals surface area contributed by atoms with Crippen LogP contribution in [0.15, 0.2) is 18.2 Å². The second kappa shape index (κ2) is 7.14. The Kier molecular flexibility index (Phi) is 5.82. The number of carboxylic acid groups (broad SMARTS) is 1. The molecule has 1 aromatic rings. The zero-order chi connectivity index (χ0) is 15.3. The Hall–Kier alpha value is -1.75. The summed E-state index contributed by atoms with van der Waals surface area (Å²) in [6.07, 6.45) is 0.372. The predicted octanol–water partition coefficient (Wildman–Crippen LogP) is 3.27. The van der Waals surface area contributed by atoms with Gasteiger partial charge in [0, 0.05) is 10.7 Å². The Labute approximate surface area is 123 Å². The van der Waals surface area contributed by atoms with Gasteiger partial charge in [0.1, 0.15) is 6.04 Å². The molecule has 0 aromatic heterocycles. The Balaban J connectivity index is 2.71. The number of carboxylic acids is 1. The molecule has 1 atom stereocenters. The summed E-state index contributed by atoms with van der Waals surface area (Å²) in [7, 11) is 0. The highest BCUT2D eigenvalue weighted by atomic mass is 35.5. The van der Waals surface area contributed by atoms with Crippen LogP contribution < -0.4 is 10.6 Å². The van der Waals surface area contributed by atoms with Crippen LogP contribution in [0.5, 0.6) is 0 Å². The molecule has 0 saturated carbocycles. The predicted molar refractivity (Wildman–Crippen MR) is 79.2 cm³/mol. The zero-order valence-electron chi connectivity index (χ0n) is 11.7. The molecule has 0 heterocycles. The molecule has 20 heavy (non-hydrogen) atoms. The number of aliphatic carboxylic acids is 1. The number of nitrogens with one attached hydrogen (secondary N) is 2. The van der Waals surface area contributed by atoms with Crippen molar-refractivity contribution in [3.63, 3.8) is 0 Å². The molecule has 5 nitrogen and oxygen atoms in total. The number of rotatable bonds is 5. The normalized spacial score (nSPS) is 12.1. The molecule has 0 radical (unpaired) electrons. The topological polar surface area (TPSA) is 78.4 Å². The molecule has 110 valence electrons. The number of benzene rings is 1. The number of halogens is 1. The minimum absolute atomic E-state index is 0.171. The van der Waals surface area contributed by atoms with Crippen LogP contribution in [0, 0.1) is 12.8 Å². The lowest BCUT2D eigenvalue weighted by molar-refractivity contribution is -0.139. The Morgan fingerprint density at radius 1 is 1.35 bits per heavy atom. The van der Waals surface area contributed by atoms with Crippen LogP contribution in [0.3, 0.4) is 0 Å².